The molecular formula is C26H47N. The van der Waals surface area contributed by atoms with Gasteiger partial charge >= 0.3 is 0 Å². The van der Waals surface area contributed by atoms with Crippen molar-refractivity contribution in [3.05, 3.63) is 28.6 Å². The third kappa shape index (κ3) is 11.6. The second-order valence-corrected chi connectivity index (χ2v) is 8.67. The van der Waals surface area contributed by atoms with E-state index >= 15 is 0 Å². The maximum atomic E-state index is 4.53. The lowest BCUT2D eigenvalue weighted by atomic mass is 9.99. The average molecular weight is 374 g/mol. The van der Waals surface area contributed by atoms with E-state index in [1.807, 2.05) is 0 Å². The van der Waals surface area contributed by atoms with E-state index in [1.54, 1.807) is 0 Å². The molecule has 1 heteroatoms. The SMILES string of the molecule is CCCCCCCCCCCCCCCCCCc1cnc(C)c(C)c1C. The van der Waals surface area contributed by atoms with E-state index in [-0.39, 0.29) is 0 Å². The first-order chi connectivity index (χ1) is 13.2. The van der Waals surface area contributed by atoms with Crippen LogP contribution in [0.5, 0.6) is 0 Å². The number of aromatic nitrogens is 1. The van der Waals surface area contributed by atoms with Gasteiger partial charge in [-0.1, -0.05) is 103 Å². The molecule has 0 aliphatic rings. The highest BCUT2D eigenvalue weighted by Crippen LogP contribution is 2.18. The van der Waals surface area contributed by atoms with E-state index in [2.05, 4.69) is 38.9 Å². The minimum atomic E-state index is 1.18. The first-order valence-electron chi connectivity index (χ1n) is 12.1. The fourth-order valence-corrected chi connectivity index (χ4v) is 4.00. The summed E-state index contributed by atoms with van der Waals surface area (Å²) in [6.45, 7) is 8.87. The summed E-state index contributed by atoms with van der Waals surface area (Å²) in [5, 5.41) is 0. The molecule has 156 valence electrons. The Morgan fingerprint density at radius 3 is 1.41 bits per heavy atom. The smallest absolute Gasteiger partial charge is 0.0404 e. The highest BCUT2D eigenvalue weighted by Gasteiger charge is 2.04. The van der Waals surface area contributed by atoms with E-state index in [0.717, 1.165) is 0 Å². The van der Waals surface area contributed by atoms with Gasteiger partial charge in [0, 0.05) is 11.9 Å². The summed E-state index contributed by atoms with van der Waals surface area (Å²) >= 11 is 0. The molecule has 1 aromatic rings. The molecule has 0 spiro atoms. The van der Waals surface area contributed by atoms with Gasteiger partial charge in [-0.15, -0.1) is 0 Å². The van der Waals surface area contributed by atoms with Gasteiger partial charge in [0.05, 0.1) is 0 Å². The molecule has 27 heavy (non-hydrogen) atoms. The van der Waals surface area contributed by atoms with Crippen molar-refractivity contribution in [3.8, 4) is 0 Å². The molecular weight excluding hydrogens is 326 g/mol. The van der Waals surface area contributed by atoms with Gasteiger partial charge in [0.15, 0.2) is 0 Å². The largest absolute Gasteiger partial charge is 0.261 e. The Morgan fingerprint density at radius 2 is 0.963 bits per heavy atom. The maximum Gasteiger partial charge on any atom is 0.0404 e. The normalized spacial score (nSPS) is 11.3. The van der Waals surface area contributed by atoms with Crippen LogP contribution in [0.2, 0.25) is 0 Å². The molecule has 1 heterocycles. The first-order valence-corrected chi connectivity index (χ1v) is 12.1. The van der Waals surface area contributed by atoms with Gasteiger partial charge in [0.2, 0.25) is 0 Å². The van der Waals surface area contributed by atoms with Gasteiger partial charge in [-0.25, -0.2) is 0 Å². The summed E-state index contributed by atoms with van der Waals surface area (Å²) in [6, 6.07) is 0. The summed E-state index contributed by atoms with van der Waals surface area (Å²) in [7, 11) is 0. The van der Waals surface area contributed by atoms with E-state index in [9.17, 15) is 0 Å². The van der Waals surface area contributed by atoms with Crippen molar-refractivity contribution < 1.29 is 0 Å². The number of hydrogen-bond acceptors (Lipinski definition) is 1. The number of unbranched alkanes of at least 4 members (excludes halogenated alkanes) is 15. The molecule has 0 aliphatic heterocycles. The van der Waals surface area contributed by atoms with Crippen LogP contribution in [0.25, 0.3) is 0 Å². The van der Waals surface area contributed by atoms with Crippen LogP contribution < -0.4 is 0 Å². The van der Waals surface area contributed by atoms with E-state index in [1.165, 1.54) is 132 Å². The number of pyridine rings is 1. The highest BCUT2D eigenvalue weighted by molar-refractivity contribution is 5.33. The van der Waals surface area contributed by atoms with Crippen LogP contribution >= 0.6 is 0 Å². The summed E-state index contributed by atoms with van der Waals surface area (Å²) in [5.41, 5.74) is 5.49. The number of rotatable bonds is 17. The van der Waals surface area contributed by atoms with Gasteiger partial charge in [0.1, 0.15) is 0 Å². The Morgan fingerprint density at radius 1 is 0.556 bits per heavy atom. The van der Waals surface area contributed by atoms with Crippen molar-refractivity contribution in [1.29, 1.82) is 0 Å². The molecule has 0 bridgehead atoms. The van der Waals surface area contributed by atoms with Crippen LogP contribution in [0.4, 0.5) is 0 Å². The van der Waals surface area contributed by atoms with Crippen molar-refractivity contribution >= 4 is 0 Å². The van der Waals surface area contributed by atoms with Crippen molar-refractivity contribution in [2.24, 2.45) is 0 Å². The lowest BCUT2D eigenvalue weighted by Gasteiger charge is -2.10. The van der Waals surface area contributed by atoms with Gasteiger partial charge in [-0.05, 0) is 50.3 Å². The molecule has 1 aromatic heterocycles. The Bertz CT molecular complexity index is 477. The zero-order valence-corrected chi connectivity index (χ0v) is 19.0. The fraction of sp³-hybridized carbons (Fsp3) is 0.808. The molecule has 0 unspecified atom stereocenters. The summed E-state index contributed by atoms with van der Waals surface area (Å²) in [6.07, 6.45) is 26.3. The Kier molecular flexibility index (Phi) is 14.5. The maximum absolute atomic E-state index is 4.53. The number of hydrogen-bond donors (Lipinski definition) is 0. The Labute approximate surface area is 170 Å². The average Bonchev–Trinajstić information content (AvgIpc) is 2.67. The quantitative estimate of drug-likeness (QED) is 0.248. The van der Waals surface area contributed by atoms with Crippen molar-refractivity contribution in [2.75, 3.05) is 0 Å². The predicted molar refractivity (Wildman–Crippen MR) is 122 cm³/mol. The molecule has 0 radical (unpaired) electrons. The first kappa shape index (κ1) is 24.2. The minimum absolute atomic E-state index is 1.18. The predicted octanol–water partition coefficient (Wildman–Crippen LogP) is 8.81. The van der Waals surface area contributed by atoms with Crippen LogP contribution in [0, 0.1) is 20.8 Å². The van der Waals surface area contributed by atoms with Gasteiger partial charge in [-0.3, -0.25) is 4.98 Å². The minimum Gasteiger partial charge on any atom is -0.261 e. The lowest BCUT2D eigenvalue weighted by Crippen LogP contribution is -1.98. The van der Waals surface area contributed by atoms with Crippen molar-refractivity contribution in [2.45, 2.75) is 137 Å². The molecule has 0 aromatic carbocycles. The summed E-state index contributed by atoms with van der Waals surface area (Å²) < 4.78 is 0. The lowest BCUT2D eigenvalue weighted by molar-refractivity contribution is 0.529. The zero-order valence-electron chi connectivity index (χ0n) is 19.0. The fourth-order valence-electron chi connectivity index (χ4n) is 4.00. The third-order valence-electron chi connectivity index (χ3n) is 6.30. The molecule has 0 saturated carbocycles. The molecule has 1 rings (SSSR count). The standard InChI is InChI=1S/C26H47N/c1-5-6-7-8-9-10-11-12-13-14-15-16-17-18-19-20-21-26-22-27-25(4)23(2)24(26)3/h22H,5-21H2,1-4H3. The van der Waals surface area contributed by atoms with Gasteiger partial charge in [-0.2, -0.15) is 0 Å². The topological polar surface area (TPSA) is 12.9 Å². The number of nitrogens with zero attached hydrogens (tertiary/aromatic N) is 1. The van der Waals surface area contributed by atoms with Crippen molar-refractivity contribution in [1.82, 2.24) is 4.98 Å². The molecule has 1 nitrogen and oxygen atoms in total. The molecule has 0 N–H and O–H groups in total. The van der Waals surface area contributed by atoms with Crippen molar-refractivity contribution in [3.63, 3.8) is 0 Å². The van der Waals surface area contributed by atoms with Crippen LogP contribution in [0.1, 0.15) is 132 Å². The summed E-state index contributed by atoms with van der Waals surface area (Å²) in [4.78, 5) is 4.53. The van der Waals surface area contributed by atoms with Crippen LogP contribution in [-0.2, 0) is 6.42 Å². The Balaban J connectivity index is 1.85. The second-order valence-electron chi connectivity index (χ2n) is 8.67. The van der Waals surface area contributed by atoms with E-state index in [4.69, 9.17) is 0 Å². The highest BCUT2D eigenvalue weighted by atomic mass is 14.7. The zero-order chi connectivity index (χ0) is 19.7. The number of aryl methyl sites for hydroxylation is 2. The molecule has 0 atom stereocenters. The van der Waals surface area contributed by atoms with E-state index in [0.29, 0.717) is 0 Å². The molecule has 0 saturated heterocycles. The van der Waals surface area contributed by atoms with Gasteiger partial charge < -0.3 is 0 Å². The van der Waals surface area contributed by atoms with Crippen LogP contribution in [0.3, 0.4) is 0 Å². The van der Waals surface area contributed by atoms with E-state index < -0.39 is 0 Å². The van der Waals surface area contributed by atoms with Gasteiger partial charge in [0.25, 0.3) is 0 Å². The summed E-state index contributed by atoms with van der Waals surface area (Å²) in [5.74, 6) is 0. The molecule has 0 fully saturated rings. The second kappa shape index (κ2) is 16.1. The third-order valence-corrected chi connectivity index (χ3v) is 6.30. The van der Waals surface area contributed by atoms with Crippen LogP contribution in [0.15, 0.2) is 6.20 Å². The molecule has 0 aliphatic carbocycles. The Hall–Kier alpha value is -0.850. The van der Waals surface area contributed by atoms with Crippen LogP contribution in [-0.4, -0.2) is 4.98 Å². The monoisotopic (exact) mass is 373 g/mol. The molecule has 0 amide bonds.